The SMILES string of the molecule is CS(=O)(=O)Nc1cc([C@H](O)CN[C@H](Cc2ccccc2)c2ccc3ccccc3c2)ccc1O. The fraction of sp³-hybridized carbons (Fsp3) is 0.185. The van der Waals surface area contributed by atoms with E-state index in [2.05, 4.69) is 52.5 Å². The molecule has 0 aliphatic heterocycles. The summed E-state index contributed by atoms with van der Waals surface area (Å²) in [6.07, 6.45) is 0.844. The molecule has 7 heteroatoms. The number of anilines is 1. The van der Waals surface area contributed by atoms with Crippen molar-refractivity contribution in [2.75, 3.05) is 17.5 Å². The van der Waals surface area contributed by atoms with E-state index >= 15 is 0 Å². The molecule has 34 heavy (non-hydrogen) atoms. The number of nitrogens with one attached hydrogen (secondary N) is 2. The van der Waals surface area contributed by atoms with Gasteiger partial charge in [-0.2, -0.15) is 0 Å². The minimum absolute atomic E-state index is 0.0365. The van der Waals surface area contributed by atoms with E-state index in [1.807, 2.05) is 30.3 Å². The average Bonchev–Trinajstić information content (AvgIpc) is 2.82. The maximum atomic E-state index is 11.6. The number of rotatable bonds is 9. The van der Waals surface area contributed by atoms with Crippen molar-refractivity contribution in [3.05, 3.63) is 108 Å². The minimum Gasteiger partial charge on any atom is -0.506 e. The number of phenols is 1. The molecule has 0 fully saturated rings. The second kappa shape index (κ2) is 10.3. The molecule has 4 aromatic rings. The molecule has 0 aliphatic carbocycles. The van der Waals surface area contributed by atoms with Crippen molar-refractivity contribution < 1.29 is 18.6 Å². The van der Waals surface area contributed by atoms with Crippen LogP contribution in [0.1, 0.15) is 28.8 Å². The van der Waals surface area contributed by atoms with Crippen molar-refractivity contribution in [3.63, 3.8) is 0 Å². The monoisotopic (exact) mass is 476 g/mol. The van der Waals surface area contributed by atoms with Gasteiger partial charge in [0.05, 0.1) is 18.0 Å². The molecule has 0 aliphatic rings. The van der Waals surface area contributed by atoms with Crippen molar-refractivity contribution in [1.29, 1.82) is 0 Å². The highest BCUT2D eigenvalue weighted by molar-refractivity contribution is 7.92. The van der Waals surface area contributed by atoms with Crippen LogP contribution in [0.25, 0.3) is 10.8 Å². The predicted molar refractivity (Wildman–Crippen MR) is 136 cm³/mol. The Labute approximate surface area is 200 Å². The van der Waals surface area contributed by atoms with Crippen molar-refractivity contribution >= 4 is 26.5 Å². The van der Waals surface area contributed by atoms with Gasteiger partial charge in [0.1, 0.15) is 5.75 Å². The molecule has 2 atom stereocenters. The summed E-state index contributed by atoms with van der Waals surface area (Å²) in [5.74, 6) is -0.201. The lowest BCUT2D eigenvalue weighted by atomic mass is 9.96. The molecule has 0 amide bonds. The van der Waals surface area contributed by atoms with E-state index in [1.165, 1.54) is 23.1 Å². The summed E-state index contributed by atoms with van der Waals surface area (Å²) in [5.41, 5.74) is 2.81. The fourth-order valence-electron chi connectivity index (χ4n) is 4.00. The van der Waals surface area contributed by atoms with Gasteiger partial charge in [0.2, 0.25) is 10.0 Å². The fourth-order valence-corrected chi connectivity index (χ4v) is 4.56. The molecule has 0 radical (unpaired) electrons. The largest absolute Gasteiger partial charge is 0.506 e. The predicted octanol–water partition coefficient (Wildman–Crippen LogP) is 4.52. The van der Waals surface area contributed by atoms with Gasteiger partial charge in [-0.25, -0.2) is 8.42 Å². The normalized spacial score (nSPS) is 13.5. The number of hydrogen-bond donors (Lipinski definition) is 4. The van der Waals surface area contributed by atoms with Crippen LogP contribution in [0.15, 0.2) is 91.0 Å². The van der Waals surface area contributed by atoms with Gasteiger partial charge in [-0.15, -0.1) is 0 Å². The van der Waals surface area contributed by atoms with Gasteiger partial charge in [0, 0.05) is 12.6 Å². The summed E-state index contributed by atoms with van der Waals surface area (Å²) >= 11 is 0. The zero-order chi connectivity index (χ0) is 24.1. The Hall–Kier alpha value is -3.39. The lowest BCUT2D eigenvalue weighted by Gasteiger charge is -2.22. The Morgan fingerprint density at radius 1 is 0.824 bits per heavy atom. The molecule has 0 bridgehead atoms. The Balaban J connectivity index is 1.56. The third kappa shape index (κ3) is 6.14. The van der Waals surface area contributed by atoms with Crippen molar-refractivity contribution in [1.82, 2.24) is 5.32 Å². The molecule has 176 valence electrons. The molecular weight excluding hydrogens is 448 g/mol. The molecule has 0 aromatic heterocycles. The highest BCUT2D eigenvalue weighted by Gasteiger charge is 2.17. The van der Waals surface area contributed by atoms with E-state index in [9.17, 15) is 18.6 Å². The van der Waals surface area contributed by atoms with Gasteiger partial charge in [-0.05, 0) is 52.1 Å². The summed E-state index contributed by atoms with van der Waals surface area (Å²) < 4.78 is 25.4. The van der Waals surface area contributed by atoms with Gasteiger partial charge in [-0.1, -0.05) is 72.8 Å². The smallest absolute Gasteiger partial charge is 0.229 e. The van der Waals surface area contributed by atoms with Gasteiger partial charge in [-0.3, -0.25) is 4.72 Å². The number of aromatic hydroxyl groups is 1. The second-order valence-electron chi connectivity index (χ2n) is 8.42. The third-order valence-corrected chi connectivity index (χ3v) is 6.31. The standard InChI is InChI=1S/C27H28N2O4S/c1-34(32,33)29-25-17-23(13-14-26(25)30)27(31)18-28-24(15-19-7-3-2-4-8-19)22-12-11-20-9-5-6-10-21(20)16-22/h2-14,16-17,24,27-31H,15,18H2,1H3/t24-,27-/m1/s1. The summed E-state index contributed by atoms with van der Waals surface area (Å²) in [7, 11) is -3.56. The Bertz CT molecular complexity index is 1370. The van der Waals surface area contributed by atoms with Crippen LogP contribution in [0, 0.1) is 0 Å². The van der Waals surface area contributed by atoms with E-state index in [4.69, 9.17) is 0 Å². The third-order valence-electron chi connectivity index (χ3n) is 5.72. The first-order chi connectivity index (χ1) is 16.3. The number of fused-ring (bicyclic) bond motifs is 1. The molecule has 0 heterocycles. The number of sulfonamides is 1. The summed E-state index contributed by atoms with van der Waals surface area (Å²) in [4.78, 5) is 0. The van der Waals surface area contributed by atoms with Gasteiger partial charge < -0.3 is 15.5 Å². The Kier molecular flexibility index (Phi) is 7.17. The Morgan fingerprint density at radius 3 is 2.24 bits per heavy atom. The van der Waals surface area contributed by atoms with E-state index < -0.39 is 16.1 Å². The molecule has 0 spiro atoms. The number of aliphatic hydroxyl groups is 1. The first-order valence-electron chi connectivity index (χ1n) is 11.0. The molecule has 4 N–H and O–H groups in total. The average molecular weight is 477 g/mol. The minimum atomic E-state index is -3.56. The van der Waals surface area contributed by atoms with Crippen molar-refractivity contribution in [2.24, 2.45) is 0 Å². The van der Waals surface area contributed by atoms with E-state index in [-0.39, 0.29) is 24.0 Å². The van der Waals surface area contributed by atoms with Crippen LogP contribution in [0.4, 0.5) is 5.69 Å². The first kappa shape index (κ1) is 23.8. The van der Waals surface area contributed by atoms with Crippen molar-refractivity contribution in [2.45, 2.75) is 18.6 Å². The quantitative estimate of drug-likeness (QED) is 0.266. The molecule has 0 saturated heterocycles. The lowest BCUT2D eigenvalue weighted by molar-refractivity contribution is 0.169. The van der Waals surface area contributed by atoms with Gasteiger partial charge in [0.25, 0.3) is 0 Å². The topological polar surface area (TPSA) is 98.7 Å². The van der Waals surface area contributed by atoms with Crippen LogP contribution in [0.3, 0.4) is 0 Å². The van der Waals surface area contributed by atoms with Crippen LogP contribution in [0.2, 0.25) is 0 Å². The van der Waals surface area contributed by atoms with Crippen LogP contribution in [-0.4, -0.2) is 31.4 Å². The highest BCUT2D eigenvalue weighted by Crippen LogP contribution is 2.29. The summed E-state index contributed by atoms with van der Waals surface area (Å²) in [6, 6.07) is 29.1. The molecule has 6 nitrogen and oxygen atoms in total. The first-order valence-corrected chi connectivity index (χ1v) is 12.9. The molecule has 0 unspecified atom stereocenters. The zero-order valence-electron chi connectivity index (χ0n) is 18.8. The lowest BCUT2D eigenvalue weighted by Crippen LogP contribution is -2.28. The van der Waals surface area contributed by atoms with E-state index in [0.29, 0.717) is 5.56 Å². The van der Waals surface area contributed by atoms with Crippen LogP contribution in [0.5, 0.6) is 5.75 Å². The van der Waals surface area contributed by atoms with Gasteiger partial charge >= 0.3 is 0 Å². The number of phenolic OH excluding ortho intramolecular Hbond substituents is 1. The zero-order valence-corrected chi connectivity index (χ0v) is 19.7. The maximum absolute atomic E-state index is 11.6. The van der Waals surface area contributed by atoms with Gasteiger partial charge in [0.15, 0.2) is 0 Å². The number of benzene rings is 4. The maximum Gasteiger partial charge on any atom is 0.229 e. The molecular formula is C27H28N2O4S. The summed E-state index contributed by atoms with van der Waals surface area (Å²) in [5, 5.41) is 26.6. The van der Waals surface area contributed by atoms with Crippen molar-refractivity contribution in [3.8, 4) is 5.75 Å². The second-order valence-corrected chi connectivity index (χ2v) is 10.2. The van der Waals surface area contributed by atoms with Crippen LogP contribution in [-0.2, 0) is 16.4 Å². The summed E-state index contributed by atoms with van der Waals surface area (Å²) in [6.45, 7) is 0.243. The number of hydrogen-bond acceptors (Lipinski definition) is 5. The molecule has 4 aromatic carbocycles. The molecule has 4 rings (SSSR count). The number of aliphatic hydroxyl groups excluding tert-OH is 1. The molecule has 0 saturated carbocycles. The van der Waals surface area contributed by atoms with E-state index in [0.717, 1.165) is 23.6 Å². The highest BCUT2D eigenvalue weighted by atomic mass is 32.2. The van der Waals surface area contributed by atoms with Crippen LogP contribution >= 0.6 is 0 Å². The van der Waals surface area contributed by atoms with E-state index in [1.54, 1.807) is 6.07 Å². The Morgan fingerprint density at radius 2 is 1.50 bits per heavy atom. The van der Waals surface area contributed by atoms with Crippen LogP contribution < -0.4 is 10.0 Å².